The number of rotatable bonds is 8. The highest BCUT2D eigenvalue weighted by atomic mass is 16.6. The van der Waals surface area contributed by atoms with Gasteiger partial charge >= 0.3 is 7.69 Å². The standard InChI is InChI=1S/C14H21B2O2/c1-5-8-10-12(4)18-16-17-11-14(15)13(7-3)9-6-2/h5-10,14H,11H2,1-4H3/b8-5-,9-6-,12-10+,13-7+. The Kier molecular flexibility index (Phi) is 10.3. The first-order valence-corrected chi connectivity index (χ1v) is 6.09. The minimum atomic E-state index is -0.147. The average Bonchev–Trinajstić information content (AvgIpc) is 2.38. The first-order chi connectivity index (χ1) is 8.65. The molecular weight excluding hydrogens is 222 g/mol. The summed E-state index contributed by atoms with van der Waals surface area (Å²) in [6.07, 6.45) is 11.6. The molecule has 0 N–H and O–H groups in total. The Morgan fingerprint density at radius 2 is 2.00 bits per heavy atom. The fourth-order valence-electron chi connectivity index (χ4n) is 1.25. The summed E-state index contributed by atoms with van der Waals surface area (Å²) in [5.41, 5.74) is 1.05. The van der Waals surface area contributed by atoms with E-state index in [1.54, 1.807) is 0 Å². The maximum Gasteiger partial charge on any atom is 0.572 e. The third-order valence-electron chi connectivity index (χ3n) is 2.22. The van der Waals surface area contributed by atoms with Crippen LogP contribution in [-0.4, -0.2) is 22.1 Å². The van der Waals surface area contributed by atoms with Crippen molar-refractivity contribution in [3.63, 3.8) is 0 Å². The van der Waals surface area contributed by atoms with Crippen molar-refractivity contribution in [1.82, 2.24) is 0 Å². The molecule has 95 valence electrons. The SMILES string of the molecule is [B]C(CO[B]O/C(C)=C/C=C\C)C(/C=C\C)=C/C. The van der Waals surface area contributed by atoms with Crippen molar-refractivity contribution in [3.05, 3.63) is 47.8 Å². The second-order valence-corrected chi connectivity index (χ2v) is 3.75. The second kappa shape index (κ2) is 11.0. The molecule has 0 saturated carbocycles. The highest BCUT2D eigenvalue weighted by Crippen LogP contribution is 2.15. The molecule has 4 heteroatoms. The maximum atomic E-state index is 5.97. The van der Waals surface area contributed by atoms with Crippen molar-refractivity contribution in [2.75, 3.05) is 6.61 Å². The molecule has 0 aromatic rings. The molecule has 1 unspecified atom stereocenters. The van der Waals surface area contributed by atoms with E-state index in [1.165, 1.54) is 7.69 Å². The summed E-state index contributed by atoms with van der Waals surface area (Å²) >= 11 is 0. The van der Waals surface area contributed by atoms with E-state index in [1.807, 2.05) is 64.2 Å². The van der Waals surface area contributed by atoms with Gasteiger partial charge in [-0.25, -0.2) is 0 Å². The summed E-state index contributed by atoms with van der Waals surface area (Å²) in [6.45, 7) is 8.11. The molecule has 18 heavy (non-hydrogen) atoms. The molecule has 3 radical (unpaired) electrons. The smallest absolute Gasteiger partial charge is 0.541 e. The third kappa shape index (κ3) is 8.02. The molecule has 0 rings (SSSR count). The van der Waals surface area contributed by atoms with Crippen LogP contribution in [0, 0.1) is 0 Å². The molecule has 0 aromatic carbocycles. The van der Waals surface area contributed by atoms with Crippen molar-refractivity contribution in [3.8, 4) is 0 Å². The third-order valence-corrected chi connectivity index (χ3v) is 2.22. The van der Waals surface area contributed by atoms with Gasteiger partial charge in [-0.15, -0.1) is 0 Å². The Labute approximate surface area is 113 Å². The molecule has 0 aliphatic rings. The van der Waals surface area contributed by atoms with Gasteiger partial charge in [0.15, 0.2) is 0 Å². The summed E-state index contributed by atoms with van der Waals surface area (Å²) in [4.78, 5) is 0. The average molecular weight is 243 g/mol. The quantitative estimate of drug-likeness (QED) is 0.281. The topological polar surface area (TPSA) is 18.5 Å². The van der Waals surface area contributed by atoms with Crippen LogP contribution < -0.4 is 0 Å². The van der Waals surface area contributed by atoms with Gasteiger partial charge < -0.3 is 9.31 Å². The van der Waals surface area contributed by atoms with Gasteiger partial charge in [-0.3, -0.25) is 0 Å². The molecule has 0 spiro atoms. The number of allylic oxidation sites excluding steroid dienone is 7. The van der Waals surface area contributed by atoms with Gasteiger partial charge in [-0.1, -0.05) is 36.0 Å². The molecule has 0 aromatic heterocycles. The molecule has 1 atom stereocenters. The molecule has 0 fully saturated rings. The highest BCUT2D eigenvalue weighted by molar-refractivity contribution is 6.19. The molecule has 0 bridgehead atoms. The molecule has 0 aliphatic carbocycles. The number of hydrogen-bond donors (Lipinski definition) is 0. The zero-order valence-electron chi connectivity index (χ0n) is 11.7. The van der Waals surface area contributed by atoms with Gasteiger partial charge in [0, 0.05) is 6.61 Å². The Morgan fingerprint density at radius 3 is 2.56 bits per heavy atom. The zero-order valence-corrected chi connectivity index (χ0v) is 11.7. The van der Waals surface area contributed by atoms with Crippen molar-refractivity contribution in [2.24, 2.45) is 0 Å². The normalized spacial score (nSPS) is 15.3. The van der Waals surface area contributed by atoms with Gasteiger partial charge in [0.05, 0.1) is 13.6 Å². The molecule has 0 heterocycles. The van der Waals surface area contributed by atoms with Gasteiger partial charge in [0.2, 0.25) is 0 Å². The van der Waals surface area contributed by atoms with Gasteiger partial charge in [0.1, 0.15) is 0 Å². The van der Waals surface area contributed by atoms with Crippen LogP contribution in [0.4, 0.5) is 0 Å². The fourth-order valence-corrected chi connectivity index (χ4v) is 1.25. The van der Waals surface area contributed by atoms with Crippen molar-refractivity contribution >= 4 is 15.5 Å². The van der Waals surface area contributed by atoms with Gasteiger partial charge in [0.25, 0.3) is 0 Å². The lowest BCUT2D eigenvalue weighted by Crippen LogP contribution is -2.10. The Hall–Kier alpha value is -1.15. The predicted molar refractivity (Wildman–Crippen MR) is 79.4 cm³/mol. The van der Waals surface area contributed by atoms with Crippen LogP contribution in [0.25, 0.3) is 0 Å². The summed E-state index contributed by atoms with van der Waals surface area (Å²) in [5.74, 6) is 0.618. The van der Waals surface area contributed by atoms with E-state index in [-0.39, 0.29) is 5.82 Å². The van der Waals surface area contributed by atoms with Crippen LogP contribution >= 0.6 is 0 Å². The molecule has 0 amide bonds. The summed E-state index contributed by atoms with van der Waals surface area (Å²) in [5, 5.41) is 0. The van der Waals surface area contributed by atoms with E-state index in [9.17, 15) is 0 Å². The Balaban J connectivity index is 3.91. The van der Waals surface area contributed by atoms with E-state index < -0.39 is 0 Å². The minimum Gasteiger partial charge on any atom is -0.541 e. The van der Waals surface area contributed by atoms with Crippen LogP contribution in [0.5, 0.6) is 0 Å². The molecular formula is C14H21B2O2. The van der Waals surface area contributed by atoms with Crippen LogP contribution in [0.3, 0.4) is 0 Å². The molecule has 2 nitrogen and oxygen atoms in total. The summed E-state index contributed by atoms with van der Waals surface area (Å²) < 4.78 is 10.5. The van der Waals surface area contributed by atoms with Crippen LogP contribution in [-0.2, 0) is 9.31 Å². The van der Waals surface area contributed by atoms with Crippen molar-refractivity contribution in [2.45, 2.75) is 33.5 Å². The van der Waals surface area contributed by atoms with E-state index >= 15 is 0 Å². The monoisotopic (exact) mass is 243 g/mol. The predicted octanol–water partition coefficient (Wildman–Crippen LogP) is 3.51. The van der Waals surface area contributed by atoms with E-state index in [0.29, 0.717) is 6.61 Å². The zero-order chi connectivity index (χ0) is 13.8. The largest absolute Gasteiger partial charge is 0.572 e. The lowest BCUT2D eigenvalue weighted by molar-refractivity contribution is 0.265. The molecule has 0 aliphatic heterocycles. The van der Waals surface area contributed by atoms with Crippen molar-refractivity contribution in [1.29, 1.82) is 0 Å². The first kappa shape index (κ1) is 16.8. The number of hydrogen-bond acceptors (Lipinski definition) is 2. The van der Waals surface area contributed by atoms with Crippen molar-refractivity contribution < 1.29 is 9.31 Å². The first-order valence-electron chi connectivity index (χ1n) is 6.09. The second-order valence-electron chi connectivity index (χ2n) is 3.75. The minimum absolute atomic E-state index is 0.147. The van der Waals surface area contributed by atoms with Gasteiger partial charge in [-0.05, 0) is 39.6 Å². The summed E-state index contributed by atoms with van der Waals surface area (Å²) in [6, 6.07) is 0. The maximum absolute atomic E-state index is 5.97. The van der Waals surface area contributed by atoms with Gasteiger partial charge in [-0.2, -0.15) is 0 Å². The van der Waals surface area contributed by atoms with Crippen LogP contribution in [0.1, 0.15) is 27.7 Å². The van der Waals surface area contributed by atoms with E-state index in [0.717, 1.165) is 11.3 Å². The van der Waals surface area contributed by atoms with Crippen LogP contribution in [0.2, 0.25) is 5.82 Å². The van der Waals surface area contributed by atoms with E-state index in [4.69, 9.17) is 17.2 Å². The lowest BCUT2D eigenvalue weighted by Gasteiger charge is -2.13. The Morgan fingerprint density at radius 1 is 1.28 bits per heavy atom. The molecule has 0 saturated heterocycles. The van der Waals surface area contributed by atoms with E-state index in [2.05, 4.69) is 0 Å². The summed E-state index contributed by atoms with van der Waals surface area (Å²) in [7, 11) is 7.28. The van der Waals surface area contributed by atoms with Crippen LogP contribution in [0.15, 0.2) is 47.8 Å². The lowest BCUT2D eigenvalue weighted by atomic mass is 9.81. The highest BCUT2D eigenvalue weighted by Gasteiger charge is 2.06. The Bertz CT molecular complexity index is 331. The fraction of sp³-hybridized carbons (Fsp3) is 0.429.